The van der Waals surface area contributed by atoms with E-state index in [1.54, 1.807) is 27.7 Å². The Morgan fingerprint density at radius 2 is 1.26 bits per heavy atom. The summed E-state index contributed by atoms with van der Waals surface area (Å²) in [6.45, 7) is 10.9. The Morgan fingerprint density at radius 3 is 1.76 bits per heavy atom. The van der Waals surface area contributed by atoms with Gasteiger partial charge in [0.25, 0.3) is 0 Å². The quantitative estimate of drug-likeness (QED) is 0.133. The van der Waals surface area contributed by atoms with Gasteiger partial charge < -0.3 is 34.6 Å². The molecule has 1 saturated heterocycles. The number of fused-ring (bicyclic) bond motifs is 1. The number of aliphatic carboxylic acids is 2. The van der Waals surface area contributed by atoms with Gasteiger partial charge in [-0.2, -0.15) is 0 Å². The Bertz CT molecular complexity index is 1260. The van der Waals surface area contributed by atoms with Gasteiger partial charge >= 0.3 is 29.8 Å². The molecule has 284 valence electrons. The minimum atomic E-state index is -1.06. The van der Waals surface area contributed by atoms with Crippen LogP contribution in [0, 0.1) is 45.3 Å². The molecule has 6 aliphatic rings. The van der Waals surface area contributed by atoms with Gasteiger partial charge in [-0.25, -0.2) is 0 Å². The number of aliphatic hydroxyl groups excluding tert-OH is 2. The Labute approximate surface area is 295 Å². The molecule has 6 rings (SSSR count). The summed E-state index contributed by atoms with van der Waals surface area (Å²) < 4.78 is 15.6. The zero-order chi connectivity index (χ0) is 37.2. The highest BCUT2D eigenvalue weighted by Gasteiger charge is 2.59. The number of rotatable bonds is 16. The molecule has 13 nitrogen and oxygen atoms in total. The second-order valence-electron chi connectivity index (χ2n) is 17.3. The molecule has 0 radical (unpaired) electrons. The molecule has 0 spiro atoms. The van der Waals surface area contributed by atoms with E-state index in [0.717, 1.165) is 44.9 Å². The Balaban J connectivity index is 0.000000244. The van der Waals surface area contributed by atoms with Crippen molar-refractivity contribution in [2.45, 2.75) is 131 Å². The van der Waals surface area contributed by atoms with E-state index >= 15 is 0 Å². The normalized spacial score (nSPS) is 32.2. The fourth-order valence-corrected chi connectivity index (χ4v) is 9.21. The van der Waals surface area contributed by atoms with Crippen molar-refractivity contribution in [3.8, 4) is 0 Å². The van der Waals surface area contributed by atoms with Gasteiger partial charge in [-0.15, -0.1) is 0 Å². The molecule has 4 bridgehead atoms. The number of carboxylic acids is 2. The molecule has 5 saturated carbocycles. The molecule has 1 heterocycles. The smallest absolute Gasteiger partial charge is 0.321 e. The summed E-state index contributed by atoms with van der Waals surface area (Å²) >= 11 is 0. The number of likely N-dealkylation sites (tertiary alicyclic amines) is 1. The molecule has 1 aliphatic heterocycles. The van der Waals surface area contributed by atoms with Crippen molar-refractivity contribution in [3.63, 3.8) is 0 Å². The number of carbonyl (C=O) groups is 5. The van der Waals surface area contributed by atoms with Gasteiger partial charge in [0, 0.05) is 6.54 Å². The minimum absolute atomic E-state index is 0.143. The summed E-state index contributed by atoms with van der Waals surface area (Å²) in [5.74, 6) is -1.24. The van der Waals surface area contributed by atoms with Crippen molar-refractivity contribution in [3.05, 3.63) is 0 Å². The Kier molecular flexibility index (Phi) is 12.4. The van der Waals surface area contributed by atoms with E-state index in [1.165, 1.54) is 4.90 Å². The molecule has 0 aromatic heterocycles. The predicted molar refractivity (Wildman–Crippen MR) is 179 cm³/mol. The van der Waals surface area contributed by atoms with Crippen molar-refractivity contribution >= 4 is 29.8 Å². The van der Waals surface area contributed by atoms with Crippen molar-refractivity contribution in [2.24, 2.45) is 45.3 Å². The zero-order valence-corrected chi connectivity index (χ0v) is 30.7. The molecule has 5 aliphatic carbocycles. The third-order valence-electron chi connectivity index (χ3n) is 12.3. The molecule has 6 fully saturated rings. The van der Waals surface area contributed by atoms with E-state index in [-0.39, 0.29) is 67.3 Å². The van der Waals surface area contributed by atoms with E-state index in [0.29, 0.717) is 37.1 Å². The van der Waals surface area contributed by atoms with Gasteiger partial charge in [-0.3, -0.25) is 28.9 Å². The van der Waals surface area contributed by atoms with E-state index in [2.05, 4.69) is 0 Å². The van der Waals surface area contributed by atoms with Crippen LogP contribution in [0.5, 0.6) is 0 Å². The minimum Gasteiger partial charge on any atom is -0.481 e. The van der Waals surface area contributed by atoms with Gasteiger partial charge in [0.1, 0.15) is 38.2 Å². The number of carboxylic acid groups (broad SMARTS) is 2. The number of aliphatic hydroxyl groups is 2. The maximum atomic E-state index is 12.5. The van der Waals surface area contributed by atoms with Gasteiger partial charge in [-0.1, -0.05) is 13.8 Å². The van der Waals surface area contributed by atoms with Crippen LogP contribution in [0.25, 0.3) is 0 Å². The van der Waals surface area contributed by atoms with Gasteiger partial charge in [0.2, 0.25) is 0 Å². The molecule has 0 amide bonds. The van der Waals surface area contributed by atoms with Gasteiger partial charge in [-0.05, 0) is 120 Å². The maximum absolute atomic E-state index is 12.5. The lowest BCUT2D eigenvalue weighted by Crippen LogP contribution is -2.53. The van der Waals surface area contributed by atoms with Crippen molar-refractivity contribution in [1.82, 2.24) is 4.90 Å². The van der Waals surface area contributed by atoms with Crippen LogP contribution >= 0.6 is 0 Å². The predicted octanol–water partition coefficient (Wildman–Crippen LogP) is 4.01. The van der Waals surface area contributed by atoms with Gasteiger partial charge in [0.05, 0.1) is 23.7 Å². The molecule has 50 heavy (non-hydrogen) atoms. The second-order valence-corrected chi connectivity index (χ2v) is 17.3. The molecule has 0 aromatic carbocycles. The lowest BCUT2D eigenvalue weighted by Gasteiger charge is -2.61. The highest BCUT2D eigenvalue weighted by Crippen LogP contribution is 2.67. The monoisotopic (exact) mass is 709 g/mol. The topological polar surface area (TPSA) is 197 Å². The van der Waals surface area contributed by atoms with Crippen LogP contribution in [0.1, 0.15) is 112 Å². The van der Waals surface area contributed by atoms with E-state index in [9.17, 15) is 44.4 Å². The van der Waals surface area contributed by atoms with Crippen LogP contribution in [0.4, 0.5) is 0 Å². The van der Waals surface area contributed by atoms with E-state index < -0.39 is 41.1 Å². The van der Waals surface area contributed by atoms with Crippen LogP contribution in [-0.4, -0.2) is 99.9 Å². The average molecular weight is 710 g/mol. The first-order valence-corrected chi connectivity index (χ1v) is 18.3. The summed E-state index contributed by atoms with van der Waals surface area (Å²) in [5.41, 5.74) is -1.53. The summed E-state index contributed by atoms with van der Waals surface area (Å²) in [6.07, 6.45) is 6.35. The first-order valence-electron chi connectivity index (χ1n) is 18.3. The number of hydrogen-bond acceptors (Lipinski definition) is 11. The summed E-state index contributed by atoms with van der Waals surface area (Å²) in [7, 11) is 0. The molecular formula is C37H59NO12. The van der Waals surface area contributed by atoms with Gasteiger partial charge in [0.15, 0.2) is 0 Å². The average Bonchev–Trinajstić information content (AvgIpc) is 3.67. The van der Waals surface area contributed by atoms with Crippen LogP contribution in [0.2, 0.25) is 0 Å². The standard InChI is InChI=1S/C23H36O7.C14H23NO5/c1-4-21(2,3)20(28)30-13-17(24)12-29-19(27)11-23-8-15-5-16(9-23)7-22(6-15,14-23)10-18(25)26;1-4-14(2,3)13(19)20-7-10(16)15-6-8-5-9(8)11(15)12(17)18/h15-17,24H,4-14H2,1-3H3,(H,25,26);8-11,16H,4-7H2,1-3H3,(H,17,18). The number of nitrogens with zero attached hydrogens (tertiary/aromatic N) is 1. The largest absolute Gasteiger partial charge is 0.481 e. The van der Waals surface area contributed by atoms with Crippen molar-refractivity contribution in [1.29, 1.82) is 0 Å². The number of carbonyl (C=O) groups excluding carboxylic acids is 3. The molecule has 7 atom stereocenters. The second kappa shape index (κ2) is 15.5. The third kappa shape index (κ3) is 9.56. The number of esters is 3. The van der Waals surface area contributed by atoms with Crippen LogP contribution in [-0.2, 0) is 38.2 Å². The fraction of sp³-hybridized carbons (Fsp3) is 0.865. The molecule has 0 aromatic rings. The van der Waals surface area contributed by atoms with Crippen molar-refractivity contribution < 1.29 is 58.6 Å². The SMILES string of the molecule is CCC(C)(C)C(=O)OCC(O)COC(=O)CC12CC3CC(CC(CC(=O)O)(C3)C1)C2.CCC(C)(C)C(=O)OCC(O)N1CC2CC2C1C(=O)O. The van der Waals surface area contributed by atoms with Crippen molar-refractivity contribution in [2.75, 3.05) is 26.4 Å². The number of hydrogen-bond donors (Lipinski definition) is 4. The van der Waals surface area contributed by atoms with Crippen LogP contribution in [0.15, 0.2) is 0 Å². The summed E-state index contributed by atoms with van der Waals surface area (Å²) in [6, 6.07) is -0.645. The first kappa shape index (κ1) is 40.0. The zero-order valence-electron chi connectivity index (χ0n) is 30.7. The lowest BCUT2D eigenvalue weighted by atomic mass is 9.43. The maximum Gasteiger partial charge on any atom is 0.321 e. The molecular weight excluding hydrogens is 650 g/mol. The lowest BCUT2D eigenvalue weighted by molar-refractivity contribution is -0.167. The highest BCUT2D eigenvalue weighted by atomic mass is 16.6. The summed E-state index contributed by atoms with van der Waals surface area (Å²) in [5, 5.41) is 38.7. The number of piperidine rings is 1. The van der Waals surface area contributed by atoms with Crippen LogP contribution < -0.4 is 0 Å². The molecule has 13 heteroatoms. The highest BCUT2D eigenvalue weighted by molar-refractivity contribution is 5.77. The fourth-order valence-electron chi connectivity index (χ4n) is 9.21. The Morgan fingerprint density at radius 1 is 0.760 bits per heavy atom. The van der Waals surface area contributed by atoms with E-state index in [4.69, 9.17) is 14.2 Å². The molecule has 7 unspecified atom stereocenters. The summed E-state index contributed by atoms with van der Waals surface area (Å²) in [4.78, 5) is 60.6. The van der Waals surface area contributed by atoms with E-state index in [1.807, 2.05) is 13.8 Å². The Hall–Kier alpha value is -2.77. The first-order chi connectivity index (χ1) is 23.2. The third-order valence-corrected chi connectivity index (χ3v) is 12.3. The molecule has 4 N–H and O–H groups in total. The van der Waals surface area contributed by atoms with Crippen LogP contribution in [0.3, 0.4) is 0 Å². The number of ether oxygens (including phenoxy) is 3.